The lowest BCUT2D eigenvalue weighted by atomic mass is 9.87. The van der Waals surface area contributed by atoms with Gasteiger partial charge in [-0.25, -0.2) is 0 Å². The standard InChI is InChI=1S/C14H22N2O3/c1-14(2,3)12(17)6-7-15-13(18)10-8-11(19-16-10)9-4-5-9/h8-9,12,17H,4-7H2,1-3H3,(H,15,18)/t12-/m1/s1. The smallest absolute Gasteiger partial charge is 0.273 e. The molecule has 19 heavy (non-hydrogen) atoms. The van der Waals surface area contributed by atoms with Crippen molar-refractivity contribution >= 4 is 5.91 Å². The van der Waals surface area contributed by atoms with E-state index in [0.29, 0.717) is 24.6 Å². The van der Waals surface area contributed by atoms with Gasteiger partial charge in [0.25, 0.3) is 5.91 Å². The summed E-state index contributed by atoms with van der Waals surface area (Å²) in [6, 6.07) is 1.72. The fourth-order valence-electron chi connectivity index (χ4n) is 1.80. The molecule has 0 radical (unpaired) electrons. The van der Waals surface area contributed by atoms with E-state index in [9.17, 15) is 9.90 Å². The van der Waals surface area contributed by atoms with Gasteiger partial charge in [0.05, 0.1) is 6.10 Å². The van der Waals surface area contributed by atoms with E-state index in [-0.39, 0.29) is 11.3 Å². The van der Waals surface area contributed by atoms with Gasteiger partial charge in [0.2, 0.25) is 0 Å². The Hall–Kier alpha value is -1.36. The molecule has 0 bridgehead atoms. The van der Waals surface area contributed by atoms with Crippen LogP contribution in [-0.4, -0.2) is 28.8 Å². The molecule has 1 saturated carbocycles. The van der Waals surface area contributed by atoms with E-state index in [1.807, 2.05) is 20.8 Å². The van der Waals surface area contributed by atoms with Crippen LogP contribution in [0.4, 0.5) is 0 Å². The Morgan fingerprint density at radius 1 is 1.58 bits per heavy atom. The molecule has 2 N–H and O–H groups in total. The molecule has 1 aromatic rings. The van der Waals surface area contributed by atoms with E-state index in [4.69, 9.17) is 4.52 Å². The van der Waals surface area contributed by atoms with Gasteiger partial charge in [-0.1, -0.05) is 25.9 Å². The molecule has 1 aliphatic rings. The summed E-state index contributed by atoms with van der Waals surface area (Å²) in [5.74, 6) is 1.02. The summed E-state index contributed by atoms with van der Waals surface area (Å²) in [6.45, 7) is 6.35. The maximum Gasteiger partial charge on any atom is 0.273 e. The fourth-order valence-corrected chi connectivity index (χ4v) is 1.80. The Morgan fingerprint density at radius 2 is 2.26 bits per heavy atom. The molecule has 106 valence electrons. The maximum atomic E-state index is 11.8. The Labute approximate surface area is 113 Å². The van der Waals surface area contributed by atoms with Gasteiger partial charge in [0.1, 0.15) is 5.76 Å². The van der Waals surface area contributed by atoms with Crippen molar-refractivity contribution in [3.05, 3.63) is 17.5 Å². The first-order valence-corrected chi connectivity index (χ1v) is 6.81. The summed E-state index contributed by atoms with van der Waals surface area (Å²) in [4.78, 5) is 11.8. The van der Waals surface area contributed by atoms with Crippen LogP contribution in [0.1, 0.15) is 62.2 Å². The van der Waals surface area contributed by atoms with Gasteiger partial charge < -0.3 is 14.9 Å². The average Bonchev–Trinajstić information content (AvgIpc) is 3.05. The predicted octanol–water partition coefficient (Wildman–Crippen LogP) is 2.08. The molecular formula is C14H22N2O3. The third kappa shape index (κ3) is 3.80. The molecule has 5 heteroatoms. The largest absolute Gasteiger partial charge is 0.393 e. The van der Waals surface area contributed by atoms with Crippen LogP contribution >= 0.6 is 0 Å². The predicted molar refractivity (Wildman–Crippen MR) is 70.9 cm³/mol. The van der Waals surface area contributed by atoms with Crippen LogP contribution in [0.3, 0.4) is 0 Å². The lowest BCUT2D eigenvalue weighted by Crippen LogP contribution is -2.32. The number of carbonyl (C=O) groups is 1. The molecule has 1 fully saturated rings. The Morgan fingerprint density at radius 3 is 2.84 bits per heavy atom. The number of carbonyl (C=O) groups excluding carboxylic acids is 1. The molecule has 5 nitrogen and oxygen atoms in total. The van der Waals surface area contributed by atoms with Crippen LogP contribution in [0.2, 0.25) is 0 Å². The van der Waals surface area contributed by atoms with Crippen LogP contribution in [-0.2, 0) is 0 Å². The van der Waals surface area contributed by atoms with Crippen molar-refractivity contribution in [2.45, 2.75) is 52.1 Å². The molecule has 0 aromatic carbocycles. The molecule has 2 rings (SSSR count). The van der Waals surface area contributed by atoms with Crippen LogP contribution in [0, 0.1) is 5.41 Å². The lowest BCUT2D eigenvalue weighted by molar-refractivity contribution is 0.0550. The number of hydrogen-bond acceptors (Lipinski definition) is 4. The van der Waals surface area contributed by atoms with Gasteiger partial charge in [0.15, 0.2) is 5.69 Å². The summed E-state index contributed by atoms with van der Waals surface area (Å²) in [5.41, 5.74) is 0.157. The first-order valence-electron chi connectivity index (χ1n) is 6.81. The van der Waals surface area contributed by atoms with Gasteiger partial charge >= 0.3 is 0 Å². The zero-order valence-corrected chi connectivity index (χ0v) is 11.8. The Balaban J connectivity index is 1.77. The number of nitrogens with one attached hydrogen (secondary N) is 1. The van der Waals surface area contributed by atoms with Crippen molar-refractivity contribution in [2.75, 3.05) is 6.54 Å². The summed E-state index contributed by atoms with van der Waals surface area (Å²) in [6.07, 6.45) is 2.33. The molecular weight excluding hydrogens is 244 g/mol. The fraction of sp³-hybridized carbons (Fsp3) is 0.714. The normalized spacial score (nSPS) is 17.3. The number of rotatable bonds is 5. The molecule has 0 saturated heterocycles. The zero-order chi connectivity index (χ0) is 14.0. The molecule has 1 atom stereocenters. The molecule has 1 aromatic heterocycles. The van der Waals surface area contributed by atoms with Gasteiger partial charge in [-0.15, -0.1) is 0 Å². The van der Waals surface area contributed by atoms with E-state index >= 15 is 0 Å². The van der Waals surface area contributed by atoms with E-state index in [2.05, 4.69) is 10.5 Å². The topological polar surface area (TPSA) is 75.4 Å². The van der Waals surface area contributed by atoms with Crippen molar-refractivity contribution in [1.29, 1.82) is 0 Å². The highest BCUT2D eigenvalue weighted by Gasteiger charge is 2.29. The minimum atomic E-state index is -0.438. The van der Waals surface area contributed by atoms with Gasteiger partial charge in [-0.2, -0.15) is 0 Å². The second-order valence-electron chi connectivity index (χ2n) is 6.32. The summed E-state index contributed by atoms with van der Waals surface area (Å²) in [7, 11) is 0. The average molecular weight is 266 g/mol. The molecule has 1 aliphatic carbocycles. The maximum absolute atomic E-state index is 11.8. The summed E-state index contributed by atoms with van der Waals surface area (Å²) < 4.78 is 5.13. The summed E-state index contributed by atoms with van der Waals surface area (Å²) in [5, 5.41) is 16.4. The number of nitrogens with zero attached hydrogens (tertiary/aromatic N) is 1. The highest BCUT2D eigenvalue weighted by molar-refractivity contribution is 5.92. The molecule has 0 spiro atoms. The zero-order valence-electron chi connectivity index (χ0n) is 11.8. The SMILES string of the molecule is CC(C)(C)[C@H](O)CCNC(=O)c1cc(C2CC2)on1. The van der Waals surface area contributed by atoms with Crippen LogP contribution in [0.25, 0.3) is 0 Å². The molecule has 0 aliphatic heterocycles. The lowest BCUT2D eigenvalue weighted by Gasteiger charge is -2.25. The van der Waals surface area contributed by atoms with Crippen molar-refractivity contribution in [1.82, 2.24) is 10.5 Å². The van der Waals surface area contributed by atoms with Crippen molar-refractivity contribution in [2.24, 2.45) is 5.41 Å². The van der Waals surface area contributed by atoms with Crippen molar-refractivity contribution in [3.63, 3.8) is 0 Å². The monoisotopic (exact) mass is 266 g/mol. The minimum Gasteiger partial charge on any atom is -0.393 e. The number of hydrogen-bond donors (Lipinski definition) is 2. The molecule has 1 heterocycles. The number of aliphatic hydroxyl groups excluding tert-OH is 1. The highest BCUT2D eigenvalue weighted by atomic mass is 16.5. The second kappa shape index (κ2) is 5.33. The van der Waals surface area contributed by atoms with E-state index in [1.165, 1.54) is 0 Å². The Kier molecular flexibility index (Phi) is 3.94. The first-order chi connectivity index (χ1) is 8.88. The quantitative estimate of drug-likeness (QED) is 0.855. The van der Waals surface area contributed by atoms with E-state index in [0.717, 1.165) is 18.6 Å². The van der Waals surface area contributed by atoms with Gasteiger partial charge in [-0.05, 0) is 24.7 Å². The molecule has 1 amide bonds. The minimum absolute atomic E-state index is 0.169. The third-order valence-corrected chi connectivity index (χ3v) is 3.44. The third-order valence-electron chi connectivity index (χ3n) is 3.44. The number of aliphatic hydroxyl groups is 1. The van der Waals surface area contributed by atoms with E-state index < -0.39 is 6.10 Å². The van der Waals surface area contributed by atoms with Gasteiger partial charge in [-0.3, -0.25) is 4.79 Å². The van der Waals surface area contributed by atoms with Crippen LogP contribution in [0.15, 0.2) is 10.6 Å². The van der Waals surface area contributed by atoms with Gasteiger partial charge in [0, 0.05) is 18.5 Å². The van der Waals surface area contributed by atoms with Crippen molar-refractivity contribution < 1.29 is 14.4 Å². The summed E-state index contributed by atoms with van der Waals surface area (Å²) >= 11 is 0. The van der Waals surface area contributed by atoms with Crippen LogP contribution in [0.5, 0.6) is 0 Å². The second-order valence-corrected chi connectivity index (χ2v) is 6.32. The van der Waals surface area contributed by atoms with E-state index in [1.54, 1.807) is 6.07 Å². The number of aromatic nitrogens is 1. The Bertz CT molecular complexity index is 444. The van der Waals surface area contributed by atoms with Crippen LogP contribution < -0.4 is 5.32 Å². The first kappa shape index (κ1) is 14.1. The number of amides is 1. The van der Waals surface area contributed by atoms with Crippen molar-refractivity contribution in [3.8, 4) is 0 Å². The highest BCUT2D eigenvalue weighted by Crippen LogP contribution is 2.40. The molecule has 0 unspecified atom stereocenters.